The molecule has 1 saturated carbocycles. The Balaban J connectivity index is 1.54. The second-order valence-corrected chi connectivity index (χ2v) is 8.51. The average molecular weight is 355 g/mol. The molecule has 1 saturated heterocycles. The maximum Gasteiger partial charge on any atom is 0.223 e. The number of aliphatic hydroxyl groups is 1. The Morgan fingerprint density at radius 2 is 2.31 bits per heavy atom. The maximum absolute atomic E-state index is 13.2. The van der Waals surface area contributed by atoms with Crippen molar-refractivity contribution in [2.24, 2.45) is 5.92 Å². The molecule has 1 aliphatic carbocycles. The molecule has 3 heterocycles. The van der Waals surface area contributed by atoms with Gasteiger partial charge in [0.2, 0.25) is 5.91 Å². The van der Waals surface area contributed by atoms with Gasteiger partial charge in [0, 0.05) is 36.8 Å². The number of nitrogens with zero attached hydrogens (tertiary/aromatic N) is 2. The lowest BCUT2D eigenvalue weighted by Crippen LogP contribution is -2.55. The van der Waals surface area contributed by atoms with Gasteiger partial charge in [-0.15, -0.1) is 0 Å². The molecule has 1 amide bonds. The predicted molar refractivity (Wildman–Crippen MR) is 102 cm³/mol. The third kappa shape index (κ3) is 3.13. The Morgan fingerprint density at radius 1 is 1.46 bits per heavy atom. The summed E-state index contributed by atoms with van der Waals surface area (Å²) in [5.74, 6) is 0.770. The Hall–Kier alpha value is -1.88. The van der Waals surface area contributed by atoms with Gasteiger partial charge in [-0.05, 0) is 61.6 Å². The normalized spacial score (nSPS) is 27.1. The number of hydrogen-bond acceptors (Lipinski definition) is 3. The summed E-state index contributed by atoms with van der Waals surface area (Å²) >= 11 is 0. The lowest BCUT2D eigenvalue weighted by molar-refractivity contribution is -0.144. The molecule has 0 radical (unpaired) electrons. The van der Waals surface area contributed by atoms with Crippen molar-refractivity contribution in [3.05, 3.63) is 30.1 Å². The number of H-pyrrole nitrogens is 1. The molecule has 2 aromatic heterocycles. The third-order valence-corrected chi connectivity index (χ3v) is 6.46. The van der Waals surface area contributed by atoms with Crippen LogP contribution in [0.15, 0.2) is 24.5 Å². The fraction of sp³-hybridized carbons (Fsp3) is 0.619. The monoisotopic (exact) mass is 355 g/mol. The molecule has 2 aliphatic rings. The number of likely N-dealkylation sites (tertiary alicyclic amines) is 1. The van der Waals surface area contributed by atoms with Crippen LogP contribution in [-0.4, -0.2) is 44.1 Å². The van der Waals surface area contributed by atoms with Crippen molar-refractivity contribution >= 4 is 16.9 Å². The lowest BCUT2D eigenvalue weighted by atomic mass is 9.75. The van der Waals surface area contributed by atoms with Gasteiger partial charge in [0.15, 0.2) is 0 Å². The van der Waals surface area contributed by atoms with Gasteiger partial charge in [-0.1, -0.05) is 13.8 Å². The highest BCUT2D eigenvalue weighted by Crippen LogP contribution is 2.40. The van der Waals surface area contributed by atoms with E-state index in [4.69, 9.17) is 0 Å². The molecule has 3 atom stereocenters. The predicted octanol–water partition coefficient (Wildman–Crippen LogP) is 3.60. The lowest BCUT2D eigenvalue weighted by Gasteiger charge is -2.48. The van der Waals surface area contributed by atoms with E-state index >= 15 is 0 Å². The summed E-state index contributed by atoms with van der Waals surface area (Å²) < 4.78 is 0. The first kappa shape index (κ1) is 17.5. The third-order valence-electron chi connectivity index (χ3n) is 6.46. The molecule has 2 N–H and O–H groups in total. The van der Waals surface area contributed by atoms with E-state index in [0.717, 1.165) is 43.1 Å². The van der Waals surface area contributed by atoms with Crippen molar-refractivity contribution in [2.45, 2.75) is 69.9 Å². The quantitative estimate of drug-likeness (QED) is 0.880. The van der Waals surface area contributed by atoms with E-state index in [0.29, 0.717) is 18.9 Å². The second kappa shape index (κ2) is 6.69. The van der Waals surface area contributed by atoms with Crippen molar-refractivity contribution < 1.29 is 9.90 Å². The van der Waals surface area contributed by atoms with E-state index < -0.39 is 5.60 Å². The molecular weight excluding hydrogens is 326 g/mol. The number of aromatic amines is 1. The van der Waals surface area contributed by atoms with Gasteiger partial charge < -0.3 is 15.0 Å². The molecule has 5 heteroatoms. The summed E-state index contributed by atoms with van der Waals surface area (Å²) in [7, 11) is 0. The van der Waals surface area contributed by atoms with Crippen LogP contribution in [0.25, 0.3) is 11.0 Å². The van der Waals surface area contributed by atoms with Crippen LogP contribution >= 0.6 is 0 Å². The largest absolute Gasteiger partial charge is 0.390 e. The molecule has 26 heavy (non-hydrogen) atoms. The molecule has 140 valence electrons. The highest BCUT2D eigenvalue weighted by Gasteiger charge is 2.43. The number of hydrogen-bond donors (Lipinski definition) is 2. The number of piperidine rings is 1. The topological polar surface area (TPSA) is 69.2 Å². The Labute approximate surface area is 154 Å². The van der Waals surface area contributed by atoms with Gasteiger partial charge in [-0.2, -0.15) is 0 Å². The van der Waals surface area contributed by atoms with Crippen LogP contribution in [0.1, 0.15) is 63.9 Å². The SMILES string of the molecule is CC(C)C(CC(=O)N1CCC2(O)CCCC1C2)c1c[nH]c2ncccc12. The van der Waals surface area contributed by atoms with Crippen LogP contribution in [0.4, 0.5) is 0 Å². The van der Waals surface area contributed by atoms with Crippen LogP contribution in [0, 0.1) is 5.92 Å². The number of pyridine rings is 1. The first-order valence-electron chi connectivity index (χ1n) is 9.91. The fourth-order valence-corrected chi connectivity index (χ4v) is 4.94. The van der Waals surface area contributed by atoms with Crippen molar-refractivity contribution in [3.63, 3.8) is 0 Å². The van der Waals surface area contributed by atoms with E-state index in [9.17, 15) is 9.90 Å². The van der Waals surface area contributed by atoms with Crippen molar-refractivity contribution in [1.82, 2.24) is 14.9 Å². The maximum atomic E-state index is 13.2. The van der Waals surface area contributed by atoms with Gasteiger partial charge in [0.1, 0.15) is 5.65 Å². The van der Waals surface area contributed by atoms with E-state index in [1.54, 1.807) is 6.20 Å². The number of amides is 1. The first-order chi connectivity index (χ1) is 12.5. The highest BCUT2D eigenvalue weighted by atomic mass is 16.3. The zero-order valence-electron chi connectivity index (χ0n) is 15.7. The van der Waals surface area contributed by atoms with Crippen molar-refractivity contribution in [1.29, 1.82) is 0 Å². The standard InChI is InChI=1S/C21H29N3O2/c1-14(2)17(18-13-23-20-16(18)6-4-9-22-20)11-19(25)24-10-8-21(26)7-3-5-15(24)12-21/h4,6,9,13-15,17,26H,3,5,7-8,10-12H2,1-2H3,(H,22,23). The number of rotatable bonds is 4. The molecule has 4 rings (SSSR count). The number of nitrogens with one attached hydrogen (secondary N) is 1. The molecule has 3 unspecified atom stereocenters. The van der Waals surface area contributed by atoms with Gasteiger partial charge in [-0.25, -0.2) is 4.98 Å². The zero-order valence-corrected chi connectivity index (χ0v) is 15.7. The first-order valence-corrected chi connectivity index (χ1v) is 9.91. The van der Waals surface area contributed by atoms with Gasteiger partial charge in [0.25, 0.3) is 0 Å². The number of carbonyl (C=O) groups excluding carboxylic acids is 1. The summed E-state index contributed by atoms with van der Waals surface area (Å²) in [6.07, 6.45) is 8.74. The molecule has 2 fully saturated rings. The van der Waals surface area contributed by atoms with Crippen LogP contribution in [0.3, 0.4) is 0 Å². The Kier molecular flexibility index (Phi) is 4.51. The molecule has 5 nitrogen and oxygen atoms in total. The van der Waals surface area contributed by atoms with E-state index in [1.807, 2.05) is 12.3 Å². The van der Waals surface area contributed by atoms with Gasteiger partial charge >= 0.3 is 0 Å². The van der Waals surface area contributed by atoms with E-state index in [1.165, 1.54) is 5.56 Å². The number of carbonyl (C=O) groups is 1. The van der Waals surface area contributed by atoms with Gasteiger partial charge in [-0.3, -0.25) is 4.79 Å². The van der Waals surface area contributed by atoms with Crippen LogP contribution in [-0.2, 0) is 4.79 Å². The van der Waals surface area contributed by atoms with Crippen LogP contribution in [0.2, 0.25) is 0 Å². The second-order valence-electron chi connectivity index (χ2n) is 8.51. The Bertz CT molecular complexity index is 799. The molecular formula is C21H29N3O2. The number of fused-ring (bicyclic) bond motifs is 3. The molecule has 0 aromatic carbocycles. The van der Waals surface area contributed by atoms with Crippen LogP contribution < -0.4 is 0 Å². The molecule has 1 aliphatic heterocycles. The van der Waals surface area contributed by atoms with E-state index in [2.05, 4.69) is 34.8 Å². The summed E-state index contributed by atoms with van der Waals surface area (Å²) in [6, 6.07) is 4.25. The smallest absolute Gasteiger partial charge is 0.223 e. The summed E-state index contributed by atoms with van der Waals surface area (Å²) in [5, 5.41) is 11.7. The number of aromatic nitrogens is 2. The molecule has 2 aromatic rings. The minimum absolute atomic E-state index is 0.171. The summed E-state index contributed by atoms with van der Waals surface area (Å²) in [4.78, 5) is 22.8. The molecule has 2 bridgehead atoms. The van der Waals surface area contributed by atoms with Crippen LogP contribution in [0.5, 0.6) is 0 Å². The summed E-state index contributed by atoms with van der Waals surface area (Å²) in [6.45, 7) is 5.06. The van der Waals surface area contributed by atoms with Crippen molar-refractivity contribution in [3.8, 4) is 0 Å². The zero-order chi connectivity index (χ0) is 18.3. The fourth-order valence-electron chi connectivity index (χ4n) is 4.94. The van der Waals surface area contributed by atoms with E-state index in [-0.39, 0.29) is 17.9 Å². The summed E-state index contributed by atoms with van der Waals surface area (Å²) in [5.41, 5.74) is 1.55. The minimum atomic E-state index is -0.528. The Morgan fingerprint density at radius 3 is 3.12 bits per heavy atom. The highest BCUT2D eigenvalue weighted by molar-refractivity contribution is 5.83. The molecule has 0 spiro atoms. The average Bonchev–Trinajstić information content (AvgIpc) is 3.03. The van der Waals surface area contributed by atoms with Gasteiger partial charge in [0.05, 0.1) is 5.60 Å². The minimum Gasteiger partial charge on any atom is -0.390 e. The van der Waals surface area contributed by atoms with Crippen molar-refractivity contribution in [2.75, 3.05) is 6.54 Å².